The van der Waals surface area contributed by atoms with Crippen LogP contribution in [0, 0.1) is 0 Å². The summed E-state index contributed by atoms with van der Waals surface area (Å²) in [6.07, 6.45) is 0.0749. The Morgan fingerprint density at radius 2 is 1.64 bits per heavy atom. The minimum atomic E-state index is -0.479. The van der Waals surface area contributed by atoms with E-state index in [0.717, 1.165) is 5.56 Å². The van der Waals surface area contributed by atoms with E-state index < -0.39 is 5.97 Å². The zero-order chi connectivity index (χ0) is 20.6. The molecular formula is C22H26ClNO4. The van der Waals surface area contributed by atoms with Crippen LogP contribution in [0.15, 0.2) is 48.5 Å². The molecule has 0 aliphatic heterocycles. The first-order valence-electron chi connectivity index (χ1n) is 9.14. The molecule has 5 nitrogen and oxygen atoms in total. The summed E-state index contributed by atoms with van der Waals surface area (Å²) >= 11 is 5.81. The lowest BCUT2D eigenvalue weighted by Gasteiger charge is -2.19. The Hall–Kier alpha value is -2.53. The molecule has 0 unspecified atom stereocenters. The summed E-state index contributed by atoms with van der Waals surface area (Å²) in [7, 11) is 0. The number of hydrogen-bond donors (Lipinski definition) is 1. The molecule has 1 N–H and O–H groups in total. The van der Waals surface area contributed by atoms with Gasteiger partial charge in [0, 0.05) is 11.6 Å². The molecule has 0 aromatic heterocycles. The minimum Gasteiger partial charge on any atom is -0.493 e. The fraction of sp³-hybridized carbons (Fsp3) is 0.364. The number of benzene rings is 2. The van der Waals surface area contributed by atoms with Crippen molar-refractivity contribution in [2.24, 2.45) is 0 Å². The largest absolute Gasteiger partial charge is 0.493 e. The zero-order valence-electron chi connectivity index (χ0n) is 16.5. The predicted molar refractivity (Wildman–Crippen MR) is 110 cm³/mol. The summed E-state index contributed by atoms with van der Waals surface area (Å²) in [6, 6.07) is 14.9. The lowest BCUT2D eigenvalue weighted by atomic mass is 9.87. The SMILES string of the molecule is CC(C)(C)c1ccc(OCCC(=O)OCC(=O)NCc2ccc(Cl)cc2)cc1. The molecule has 28 heavy (non-hydrogen) atoms. The average molecular weight is 404 g/mol. The molecule has 0 spiro atoms. The van der Waals surface area contributed by atoms with Crippen LogP contribution in [-0.4, -0.2) is 25.1 Å². The number of halogens is 1. The van der Waals surface area contributed by atoms with E-state index in [4.69, 9.17) is 21.1 Å². The van der Waals surface area contributed by atoms with Crippen LogP contribution >= 0.6 is 11.6 Å². The van der Waals surface area contributed by atoms with Crippen LogP contribution < -0.4 is 10.1 Å². The van der Waals surface area contributed by atoms with Crippen LogP contribution in [0.25, 0.3) is 0 Å². The van der Waals surface area contributed by atoms with Crippen LogP contribution in [0.3, 0.4) is 0 Å². The third kappa shape index (κ3) is 7.61. The van der Waals surface area contributed by atoms with Gasteiger partial charge >= 0.3 is 5.97 Å². The molecule has 150 valence electrons. The Labute approximate surface area is 171 Å². The summed E-state index contributed by atoms with van der Waals surface area (Å²) < 4.78 is 10.5. The predicted octanol–water partition coefficient (Wildman–Crippen LogP) is 4.27. The van der Waals surface area contributed by atoms with Gasteiger partial charge in [-0.15, -0.1) is 0 Å². The molecular weight excluding hydrogens is 378 g/mol. The smallest absolute Gasteiger partial charge is 0.309 e. The highest BCUT2D eigenvalue weighted by Crippen LogP contribution is 2.24. The molecule has 0 radical (unpaired) electrons. The number of hydrogen-bond acceptors (Lipinski definition) is 4. The number of nitrogens with one attached hydrogen (secondary N) is 1. The molecule has 2 aromatic rings. The highest BCUT2D eigenvalue weighted by atomic mass is 35.5. The molecule has 0 saturated heterocycles. The summed E-state index contributed by atoms with van der Waals surface area (Å²) in [6.45, 7) is 6.66. The maximum Gasteiger partial charge on any atom is 0.309 e. The van der Waals surface area contributed by atoms with Gasteiger partial charge in [-0.25, -0.2) is 0 Å². The van der Waals surface area contributed by atoms with Crippen LogP contribution in [-0.2, 0) is 26.3 Å². The molecule has 0 fully saturated rings. The van der Waals surface area contributed by atoms with Gasteiger partial charge in [0.25, 0.3) is 5.91 Å². The van der Waals surface area contributed by atoms with Gasteiger partial charge in [-0.05, 0) is 40.8 Å². The Morgan fingerprint density at radius 3 is 2.25 bits per heavy atom. The van der Waals surface area contributed by atoms with E-state index in [9.17, 15) is 9.59 Å². The molecule has 2 rings (SSSR count). The van der Waals surface area contributed by atoms with E-state index >= 15 is 0 Å². The second-order valence-corrected chi connectivity index (χ2v) is 7.87. The Balaban J connectivity index is 1.63. The second-order valence-electron chi connectivity index (χ2n) is 7.44. The van der Waals surface area contributed by atoms with Crippen molar-refractivity contribution in [3.8, 4) is 5.75 Å². The van der Waals surface area contributed by atoms with Crippen molar-refractivity contribution < 1.29 is 19.1 Å². The van der Waals surface area contributed by atoms with Gasteiger partial charge in [-0.3, -0.25) is 9.59 Å². The van der Waals surface area contributed by atoms with Crippen molar-refractivity contribution in [3.05, 3.63) is 64.7 Å². The second kappa shape index (κ2) is 10.1. The summed E-state index contributed by atoms with van der Waals surface area (Å²) in [5, 5.41) is 3.32. The van der Waals surface area contributed by atoms with Crippen LogP contribution in [0.2, 0.25) is 5.02 Å². The average Bonchev–Trinajstić information content (AvgIpc) is 2.65. The number of esters is 1. The first kappa shape index (κ1) is 21.8. The number of ether oxygens (including phenoxy) is 2. The van der Waals surface area contributed by atoms with Crippen molar-refractivity contribution in [1.82, 2.24) is 5.32 Å². The van der Waals surface area contributed by atoms with Crippen LogP contribution in [0.4, 0.5) is 0 Å². The van der Waals surface area contributed by atoms with E-state index in [2.05, 4.69) is 26.1 Å². The first-order valence-corrected chi connectivity index (χ1v) is 9.52. The topological polar surface area (TPSA) is 64.6 Å². The van der Waals surface area contributed by atoms with E-state index in [0.29, 0.717) is 17.3 Å². The lowest BCUT2D eigenvalue weighted by molar-refractivity contribution is -0.149. The van der Waals surface area contributed by atoms with Gasteiger partial charge in [-0.1, -0.05) is 56.6 Å². The van der Waals surface area contributed by atoms with Gasteiger partial charge in [-0.2, -0.15) is 0 Å². The van der Waals surface area contributed by atoms with E-state index in [1.54, 1.807) is 12.1 Å². The van der Waals surface area contributed by atoms with Crippen molar-refractivity contribution in [2.45, 2.75) is 39.2 Å². The molecule has 0 bridgehead atoms. The Bertz CT molecular complexity index is 780. The van der Waals surface area contributed by atoms with Gasteiger partial charge < -0.3 is 14.8 Å². The quantitative estimate of drug-likeness (QED) is 0.668. The van der Waals surface area contributed by atoms with E-state index in [-0.39, 0.29) is 31.0 Å². The maximum atomic E-state index is 11.8. The summed E-state index contributed by atoms with van der Waals surface area (Å²) in [5.74, 6) is -0.142. The lowest BCUT2D eigenvalue weighted by Crippen LogP contribution is -2.28. The van der Waals surface area contributed by atoms with Crippen molar-refractivity contribution >= 4 is 23.5 Å². The number of amides is 1. The molecule has 1 amide bonds. The Kier molecular flexibility index (Phi) is 7.88. The molecule has 2 aromatic carbocycles. The van der Waals surface area contributed by atoms with Crippen LogP contribution in [0.1, 0.15) is 38.3 Å². The van der Waals surface area contributed by atoms with Gasteiger partial charge in [0.1, 0.15) is 5.75 Å². The standard InChI is InChI=1S/C22H26ClNO4/c1-22(2,3)17-6-10-19(11-7-17)27-13-12-21(26)28-15-20(25)24-14-16-4-8-18(23)9-5-16/h4-11H,12-15H2,1-3H3,(H,24,25). The third-order valence-electron chi connectivity index (χ3n) is 4.06. The van der Waals surface area contributed by atoms with Crippen molar-refractivity contribution in [2.75, 3.05) is 13.2 Å². The molecule has 0 atom stereocenters. The Morgan fingerprint density at radius 1 is 1.00 bits per heavy atom. The fourth-order valence-electron chi connectivity index (χ4n) is 2.38. The van der Waals surface area contributed by atoms with Crippen molar-refractivity contribution in [3.63, 3.8) is 0 Å². The third-order valence-corrected chi connectivity index (χ3v) is 4.31. The highest BCUT2D eigenvalue weighted by molar-refractivity contribution is 6.30. The van der Waals surface area contributed by atoms with Crippen LogP contribution in [0.5, 0.6) is 5.75 Å². The summed E-state index contributed by atoms with van der Waals surface area (Å²) in [5.41, 5.74) is 2.20. The fourth-order valence-corrected chi connectivity index (χ4v) is 2.50. The van der Waals surface area contributed by atoms with Gasteiger partial charge in [0.05, 0.1) is 13.0 Å². The first-order chi connectivity index (χ1) is 13.2. The zero-order valence-corrected chi connectivity index (χ0v) is 17.2. The number of carbonyl (C=O) groups is 2. The van der Waals surface area contributed by atoms with Gasteiger partial charge in [0.15, 0.2) is 6.61 Å². The molecule has 0 saturated carbocycles. The number of rotatable bonds is 8. The normalized spacial score (nSPS) is 11.0. The maximum absolute atomic E-state index is 11.8. The van der Waals surface area contributed by atoms with E-state index in [1.165, 1.54) is 5.56 Å². The van der Waals surface area contributed by atoms with Gasteiger partial charge in [0.2, 0.25) is 0 Å². The summed E-state index contributed by atoms with van der Waals surface area (Å²) in [4.78, 5) is 23.5. The molecule has 0 heterocycles. The minimum absolute atomic E-state index is 0.0749. The van der Waals surface area contributed by atoms with E-state index in [1.807, 2.05) is 36.4 Å². The molecule has 6 heteroatoms. The molecule has 0 aliphatic carbocycles. The van der Waals surface area contributed by atoms with Crippen molar-refractivity contribution in [1.29, 1.82) is 0 Å². The monoisotopic (exact) mass is 403 g/mol. The highest BCUT2D eigenvalue weighted by Gasteiger charge is 2.13. The molecule has 0 aliphatic rings. The number of carbonyl (C=O) groups excluding carboxylic acids is 2.